The number of carbonyl (C=O) groups is 2. The quantitative estimate of drug-likeness (QED) is 0.376. The summed E-state index contributed by atoms with van der Waals surface area (Å²) < 4.78 is 18.8. The van der Waals surface area contributed by atoms with E-state index < -0.39 is 6.04 Å². The summed E-state index contributed by atoms with van der Waals surface area (Å²) in [5.41, 5.74) is 3.05. The predicted octanol–water partition coefficient (Wildman–Crippen LogP) is 4.93. The minimum absolute atomic E-state index is 0.0881. The lowest BCUT2D eigenvalue weighted by atomic mass is 10.00. The maximum atomic E-state index is 13.1. The van der Waals surface area contributed by atoms with E-state index in [9.17, 15) is 14.0 Å². The SMILES string of the molecule is CC(=O)N[C@@H](Cc1cccnc1)C(=O)Cc1cccc(-c2ccc(Oc3ccc(F)cc3)cc2)n1. The van der Waals surface area contributed by atoms with Crippen LogP contribution in [0.15, 0.2) is 91.3 Å². The average molecular weight is 470 g/mol. The number of ketones is 1. The third kappa shape index (κ3) is 6.80. The van der Waals surface area contributed by atoms with E-state index in [-0.39, 0.29) is 23.9 Å². The molecule has 176 valence electrons. The van der Waals surface area contributed by atoms with Gasteiger partial charge in [-0.1, -0.05) is 12.1 Å². The minimum Gasteiger partial charge on any atom is -0.457 e. The summed E-state index contributed by atoms with van der Waals surface area (Å²) in [5.74, 6) is 0.435. The monoisotopic (exact) mass is 469 g/mol. The molecule has 2 heterocycles. The van der Waals surface area contributed by atoms with Crippen LogP contribution in [0.25, 0.3) is 11.3 Å². The number of hydrogen-bond donors (Lipinski definition) is 1. The normalized spacial score (nSPS) is 11.5. The van der Waals surface area contributed by atoms with Gasteiger partial charge >= 0.3 is 0 Å². The number of rotatable bonds is 9. The first-order valence-corrected chi connectivity index (χ1v) is 11.1. The lowest BCUT2D eigenvalue weighted by Crippen LogP contribution is -2.42. The molecule has 35 heavy (non-hydrogen) atoms. The molecule has 0 unspecified atom stereocenters. The molecule has 4 rings (SSSR count). The third-order valence-electron chi connectivity index (χ3n) is 5.29. The molecule has 0 fully saturated rings. The van der Waals surface area contributed by atoms with Crippen LogP contribution in [0.4, 0.5) is 4.39 Å². The number of hydrogen-bond acceptors (Lipinski definition) is 5. The predicted molar refractivity (Wildman–Crippen MR) is 130 cm³/mol. The van der Waals surface area contributed by atoms with Crippen molar-refractivity contribution in [2.75, 3.05) is 0 Å². The van der Waals surface area contributed by atoms with Gasteiger partial charge in [0.25, 0.3) is 0 Å². The molecule has 0 aliphatic heterocycles. The highest BCUT2D eigenvalue weighted by atomic mass is 19.1. The van der Waals surface area contributed by atoms with Crippen LogP contribution in [-0.2, 0) is 22.4 Å². The van der Waals surface area contributed by atoms with Gasteiger partial charge in [0.05, 0.1) is 18.2 Å². The molecule has 0 bridgehead atoms. The molecular formula is C28H24FN3O3. The van der Waals surface area contributed by atoms with Crippen LogP contribution in [0.3, 0.4) is 0 Å². The van der Waals surface area contributed by atoms with Gasteiger partial charge in [-0.2, -0.15) is 0 Å². The molecule has 0 aliphatic rings. The Kier molecular flexibility index (Phi) is 7.57. The van der Waals surface area contributed by atoms with E-state index in [1.807, 2.05) is 30.3 Å². The Balaban J connectivity index is 1.45. The maximum absolute atomic E-state index is 13.1. The number of nitrogens with one attached hydrogen (secondary N) is 1. The second-order valence-corrected chi connectivity index (χ2v) is 8.06. The van der Waals surface area contributed by atoms with E-state index in [4.69, 9.17) is 4.74 Å². The molecule has 0 saturated carbocycles. The molecule has 0 spiro atoms. The highest BCUT2D eigenvalue weighted by Crippen LogP contribution is 2.25. The number of carbonyl (C=O) groups excluding carboxylic acids is 2. The van der Waals surface area contributed by atoms with Gasteiger partial charge in [0.15, 0.2) is 5.78 Å². The van der Waals surface area contributed by atoms with Crippen molar-refractivity contribution in [3.05, 3.63) is 108 Å². The lowest BCUT2D eigenvalue weighted by Gasteiger charge is -2.17. The molecule has 2 aromatic heterocycles. The maximum Gasteiger partial charge on any atom is 0.217 e. The van der Waals surface area contributed by atoms with E-state index in [0.29, 0.717) is 29.3 Å². The van der Waals surface area contributed by atoms with Crippen LogP contribution < -0.4 is 10.1 Å². The summed E-state index contributed by atoms with van der Waals surface area (Å²) in [6.07, 6.45) is 3.80. The van der Waals surface area contributed by atoms with Crippen molar-refractivity contribution in [2.24, 2.45) is 0 Å². The fourth-order valence-corrected chi connectivity index (χ4v) is 3.62. The highest BCUT2D eigenvalue weighted by molar-refractivity contribution is 5.90. The van der Waals surface area contributed by atoms with Crippen molar-refractivity contribution in [1.82, 2.24) is 15.3 Å². The molecule has 0 saturated heterocycles. The number of pyridine rings is 2. The van der Waals surface area contributed by atoms with E-state index in [0.717, 1.165) is 11.1 Å². The van der Waals surface area contributed by atoms with Crippen LogP contribution in [0.1, 0.15) is 18.2 Å². The molecule has 0 aliphatic carbocycles. The van der Waals surface area contributed by atoms with E-state index in [2.05, 4.69) is 15.3 Å². The smallest absolute Gasteiger partial charge is 0.217 e. The Morgan fingerprint density at radius 3 is 2.31 bits per heavy atom. The number of halogens is 1. The summed E-state index contributed by atoms with van der Waals surface area (Å²) >= 11 is 0. The Morgan fingerprint density at radius 1 is 0.943 bits per heavy atom. The van der Waals surface area contributed by atoms with Gasteiger partial charge in [-0.25, -0.2) is 4.39 Å². The number of benzene rings is 2. The molecule has 1 N–H and O–H groups in total. The van der Waals surface area contributed by atoms with Crippen molar-refractivity contribution < 1.29 is 18.7 Å². The van der Waals surface area contributed by atoms with E-state index in [1.54, 1.807) is 48.8 Å². The summed E-state index contributed by atoms with van der Waals surface area (Å²) in [6.45, 7) is 1.39. The minimum atomic E-state index is -0.662. The third-order valence-corrected chi connectivity index (χ3v) is 5.29. The first-order chi connectivity index (χ1) is 17.0. The summed E-state index contributed by atoms with van der Waals surface area (Å²) in [6, 6.07) is 21.7. The molecule has 1 amide bonds. The summed E-state index contributed by atoms with van der Waals surface area (Å²) in [5, 5.41) is 2.75. The Morgan fingerprint density at radius 2 is 1.66 bits per heavy atom. The molecule has 4 aromatic rings. The van der Waals surface area contributed by atoms with Gasteiger partial charge in [0, 0.05) is 37.0 Å². The van der Waals surface area contributed by atoms with Crippen LogP contribution in [0, 0.1) is 5.82 Å². The molecule has 7 heteroatoms. The Labute approximate surface area is 202 Å². The molecular weight excluding hydrogens is 445 g/mol. The van der Waals surface area contributed by atoms with E-state index in [1.165, 1.54) is 19.1 Å². The zero-order valence-corrected chi connectivity index (χ0v) is 19.1. The van der Waals surface area contributed by atoms with Crippen molar-refractivity contribution in [3.8, 4) is 22.8 Å². The van der Waals surface area contributed by atoms with Crippen molar-refractivity contribution >= 4 is 11.7 Å². The van der Waals surface area contributed by atoms with Crippen molar-refractivity contribution in [1.29, 1.82) is 0 Å². The second kappa shape index (κ2) is 11.2. The highest BCUT2D eigenvalue weighted by Gasteiger charge is 2.21. The van der Waals surface area contributed by atoms with Crippen LogP contribution >= 0.6 is 0 Å². The number of amides is 1. The molecule has 1 atom stereocenters. The van der Waals surface area contributed by atoms with Gasteiger partial charge < -0.3 is 10.1 Å². The van der Waals surface area contributed by atoms with Crippen molar-refractivity contribution in [3.63, 3.8) is 0 Å². The Hall–Kier alpha value is -4.39. The molecule has 6 nitrogen and oxygen atoms in total. The van der Waals surface area contributed by atoms with Crippen LogP contribution in [0.5, 0.6) is 11.5 Å². The second-order valence-electron chi connectivity index (χ2n) is 8.06. The first kappa shape index (κ1) is 23.8. The largest absolute Gasteiger partial charge is 0.457 e. The lowest BCUT2D eigenvalue weighted by molar-refractivity contribution is -0.126. The fourth-order valence-electron chi connectivity index (χ4n) is 3.62. The zero-order valence-electron chi connectivity index (χ0n) is 19.1. The summed E-state index contributed by atoms with van der Waals surface area (Å²) in [7, 11) is 0. The van der Waals surface area contributed by atoms with Crippen molar-refractivity contribution in [2.45, 2.75) is 25.8 Å². The molecule has 2 aromatic carbocycles. The van der Waals surface area contributed by atoms with E-state index >= 15 is 0 Å². The topological polar surface area (TPSA) is 81.2 Å². The number of ether oxygens (including phenoxy) is 1. The summed E-state index contributed by atoms with van der Waals surface area (Å²) in [4.78, 5) is 33.4. The standard InChI is InChI=1S/C28H24FN3O3/c1-19(33)31-27(16-20-4-3-15-30-18-20)28(34)17-23-5-2-6-26(32-23)21-7-11-24(12-8-21)35-25-13-9-22(29)10-14-25/h2-15,18,27H,16-17H2,1H3,(H,31,33)/t27-/m0/s1. The Bertz CT molecular complexity index is 1290. The fraction of sp³-hybridized carbons (Fsp3) is 0.143. The first-order valence-electron chi connectivity index (χ1n) is 11.1. The number of aromatic nitrogens is 2. The van der Waals surface area contributed by atoms with Crippen LogP contribution in [0.2, 0.25) is 0 Å². The van der Waals surface area contributed by atoms with Gasteiger partial charge in [0.1, 0.15) is 17.3 Å². The average Bonchev–Trinajstić information content (AvgIpc) is 2.86. The zero-order chi connectivity index (χ0) is 24.6. The number of nitrogens with zero attached hydrogens (tertiary/aromatic N) is 2. The van der Waals surface area contributed by atoms with Gasteiger partial charge in [-0.15, -0.1) is 0 Å². The van der Waals surface area contributed by atoms with Crippen LogP contribution in [-0.4, -0.2) is 27.7 Å². The van der Waals surface area contributed by atoms with Gasteiger partial charge in [0.2, 0.25) is 5.91 Å². The molecule has 0 radical (unpaired) electrons. The van der Waals surface area contributed by atoms with Gasteiger partial charge in [-0.05, 0) is 72.3 Å². The van der Waals surface area contributed by atoms with Gasteiger partial charge in [-0.3, -0.25) is 19.6 Å². The number of Topliss-reactive ketones (excluding diaryl/α,β-unsaturated/α-hetero) is 1.